The molecule has 2 aromatic rings. The second-order valence-corrected chi connectivity index (χ2v) is 10.7. The van der Waals surface area contributed by atoms with Crippen molar-refractivity contribution >= 4 is 29.4 Å². The average Bonchev–Trinajstić information content (AvgIpc) is 3.45. The maximum absolute atomic E-state index is 14.1. The summed E-state index contributed by atoms with van der Waals surface area (Å²) in [5, 5.41) is 12.2. The Kier molecular flexibility index (Phi) is 6.10. The molecule has 188 valence electrons. The van der Waals surface area contributed by atoms with E-state index in [0.717, 1.165) is 30.0 Å². The lowest BCUT2D eigenvalue weighted by molar-refractivity contribution is -0.117. The Morgan fingerprint density at radius 2 is 2.00 bits per heavy atom. The first kappa shape index (κ1) is 23.3. The summed E-state index contributed by atoms with van der Waals surface area (Å²) in [5.41, 5.74) is 2.38. The van der Waals surface area contributed by atoms with Gasteiger partial charge in [-0.15, -0.1) is 0 Å². The van der Waals surface area contributed by atoms with Gasteiger partial charge in [0, 0.05) is 30.4 Å². The van der Waals surface area contributed by atoms with Gasteiger partial charge in [0.25, 0.3) is 5.91 Å². The second-order valence-electron chi connectivity index (χ2n) is 9.53. The highest BCUT2D eigenvalue weighted by molar-refractivity contribution is 8.04. The van der Waals surface area contributed by atoms with Crippen LogP contribution in [0.25, 0.3) is 0 Å². The third-order valence-electron chi connectivity index (χ3n) is 7.21. The topological polar surface area (TPSA) is 94.7 Å². The number of benzene rings is 2. The van der Waals surface area contributed by atoms with Gasteiger partial charge in [-0.2, -0.15) is 0 Å². The standard InChI is InChI=1S/C26H28FN5O3S/c1-14-11-16(35-15-5-3-2-4-6-15)7-8-19(14)32-20-9-10-29-25-21(20)22(31-26(32)34)23(36-25)24(33)30-18-13-28-12-17(18)27/h2-8,11,17-18,20-21,25,28-29H,9-10,12-13H2,1H3,(H,30,33)(H,31,34)/t17-,18+,20?,21?,25?/m1/s1. The first-order valence-electron chi connectivity index (χ1n) is 12.2. The lowest BCUT2D eigenvalue weighted by atomic mass is 9.86. The van der Waals surface area contributed by atoms with Gasteiger partial charge >= 0.3 is 6.03 Å². The van der Waals surface area contributed by atoms with Crippen molar-refractivity contribution in [1.29, 1.82) is 0 Å². The van der Waals surface area contributed by atoms with Gasteiger partial charge in [-0.3, -0.25) is 9.69 Å². The minimum absolute atomic E-state index is 0.0357. The quantitative estimate of drug-likeness (QED) is 0.495. The number of para-hydroxylation sites is 1. The SMILES string of the molecule is Cc1cc(Oc2ccccc2)ccc1N1C(=O)NC2=C(C(=O)N[C@H]3CNC[C@H]3F)SC3NCCC1C23. The molecule has 3 unspecified atom stereocenters. The molecule has 3 fully saturated rings. The molecule has 4 heterocycles. The summed E-state index contributed by atoms with van der Waals surface area (Å²) < 4.78 is 20.0. The fourth-order valence-corrected chi connectivity index (χ4v) is 6.91. The van der Waals surface area contributed by atoms with Crippen molar-refractivity contribution in [3.05, 3.63) is 64.7 Å². The molecular formula is C26H28FN5O3S. The Morgan fingerprint density at radius 1 is 1.17 bits per heavy atom. The monoisotopic (exact) mass is 509 g/mol. The van der Waals surface area contributed by atoms with Gasteiger partial charge in [-0.1, -0.05) is 30.0 Å². The van der Waals surface area contributed by atoms with E-state index in [1.807, 2.05) is 60.4 Å². The number of alkyl halides is 1. The number of aryl methyl sites for hydroxylation is 1. The lowest BCUT2D eigenvalue weighted by Gasteiger charge is -2.46. The molecule has 4 aliphatic rings. The molecule has 0 radical (unpaired) electrons. The largest absolute Gasteiger partial charge is 0.457 e. The van der Waals surface area contributed by atoms with E-state index in [-0.39, 0.29) is 35.8 Å². The highest BCUT2D eigenvalue weighted by Gasteiger charge is 2.52. The Labute approximate surface area is 213 Å². The molecule has 0 bridgehead atoms. The van der Waals surface area contributed by atoms with Crippen molar-refractivity contribution in [1.82, 2.24) is 21.3 Å². The van der Waals surface area contributed by atoms with Gasteiger partial charge in [0.05, 0.1) is 22.4 Å². The summed E-state index contributed by atoms with van der Waals surface area (Å²) in [6.45, 7) is 3.34. The second kappa shape index (κ2) is 9.42. The third-order valence-corrected chi connectivity index (χ3v) is 8.57. The number of nitrogens with one attached hydrogen (secondary N) is 4. The van der Waals surface area contributed by atoms with Crippen LogP contribution in [-0.4, -0.2) is 55.2 Å². The molecule has 0 aliphatic carbocycles. The fourth-order valence-electron chi connectivity index (χ4n) is 5.51. The molecule has 3 saturated heterocycles. The van der Waals surface area contributed by atoms with Gasteiger partial charge in [-0.25, -0.2) is 9.18 Å². The third kappa shape index (κ3) is 4.12. The number of ether oxygens (including phenoxy) is 1. The van der Waals surface area contributed by atoms with Crippen molar-refractivity contribution < 1.29 is 18.7 Å². The summed E-state index contributed by atoms with van der Waals surface area (Å²) in [4.78, 5) is 28.8. The number of hydrogen-bond acceptors (Lipinski definition) is 6. The Morgan fingerprint density at radius 3 is 2.75 bits per heavy atom. The highest BCUT2D eigenvalue weighted by Crippen LogP contribution is 2.48. The molecule has 6 rings (SSSR count). The van der Waals surface area contributed by atoms with Crippen molar-refractivity contribution in [2.24, 2.45) is 5.92 Å². The van der Waals surface area contributed by atoms with Gasteiger partial charge in [-0.05, 0) is 55.8 Å². The molecule has 0 aromatic heterocycles. The summed E-state index contributed by atoms with van der Waals surface area (Å²) >= 11 is 1.42. The van der Waals surface area contributed by atoms with Crippen LogP contribution in [0.15, 0.2) is 59.1 Å². The van der Waals surface area contributed by atoms with E-state index in [1.54, 1.807) is 0 Å². The molecule has 4 aliphatic heterocycles. The molecule has 8 nitrogen and oxygen atoms in total. The van der Waals surface area contributed by atoms with Crippen LogP contribution in [-0.2, 0) is 4.79 Å². The average molecular weight is 510 g/mol. The Hall–Kier alpha value is -3.08. The molecule has 3 amide bonds. The van der Waals surface area contributed by atoms with E-state index >= 15 is 0 Å². The summed E-state index contributed by atoms with van der Waals surface area (Å²) in [6.07, 6.45) is -0.360. The number of hydrogen-bond donors (Lipinski definition) is 4. The first-order chi connectivity index (χ1) is 17.5. The number of carbonyl (C=O) groups excluding carboxylic acids is 2. The van der Waals surface area contributed by atoms with Crippen LogP contribution in [0.2, 0.25) is 0 Å². The van der Waals surface area contributed by atoms with E-state index in [0.29, 0.717) is 22.9 Å². The maximum atomic E-state index is 14.1. The van der Waals surface area contributed by atoms with Gasteiger partial charge in [0.15, 0.2) is 0 Å². The van der Waals surface area contributed by atoms with Crippen molar-refractivity contribution in [3.8, 4) is 11.5 Å². The van der Waals surface area contributed by atoms with Crippen LogP contribution in [0.3, 0.4) is 0 Å². The maximum Gasteiger partial charge on any atom is 0.326 e. The van der Waals surface area contributed by atoms with E-state index in [2.05, 4.69) is 21.3 Å². The summed E-state index contributed by atoms with van der Waals surface area (Å²) in [6, 6.07) is 14.4. The number of carbonyl (C=O) groups is 2. The predicted octanol–water partition coefficient (Wildman–Crippen LogP) is 3.01. The van der Waals surface area contributed by atoms with Crippen LogP contribution in [0.1, 0.15) is 12.0 Å². The minimum atomic E-state index is -1.12. The number of halogens is 1. The van der Waals surface area contributed by atoms with Crippen LogP contribution in [0, 0.1) is 12.8 Å². The van der Waals surface area contributed by atoms with E-state index in [4.69, 9.17) is 4.74 Å². The molecule has 5 atom stereocenters. The zero-order valence-electron chi connectivity index (χ0n) is 19.8. The van der Waals surface area contributed by atoms with Crippen molar-refractivity contribution in [2.75, 3.05) is 24.5 Å². The lowest BCUT2D eigenvalue weighted by Crippen LogP contribution is -2.62. The van der Waals surface area contributed by atoms with E-state index in [1.165, 1.54) is 11.8 Å². The molecule has 10 heteroatoms. The molecule has 0 spiro atoms. The number of rotatable bonds is 5. The number of thioether (sulfide) groups is 1. The molecule has 2 aromatic carbocycles. The van der Waals surface area contributed by atoms with E-state index in [9.17, 15) is 14.0 Å². The predicted molar refractivity (Wildman–Crippen MR) is 137 cm³/mol. The molecule has 0 saturated carbocycles. The van der Waals surface area contributed by atoms with Gasteiger partial charge in [0.2, 0.25) is 0 Å². The van der Waals surface area contributed by atoms with Gasteiger partial charge < -0.3 is 26.0 Å². The molecule has 36 heavy (non-hydrogen) atoms. The van der Waals surface area contributed by atoms with Crippen molar-refractivity contribution in [3.63, 3.8) is 0 Å². The minimum Gasteiger partial charge on any atom is -0.457 e. The molecule has 4 N–H and O–H groups in total. The summed E-state index contributed by atoms with van der Waals surface area (Å²) in [7, 11) is 0. The van der Waals surface area contributed by atoms with Gasteiger partial charge in [0.1, 0.15) is 17.7 Å². The zero-order chi connectivity index (χ0) is 24.8. The van der Waals surface area contributed by atoms with Crippen LogP contribution in [0.4, 0.5) is 14.9 Å². The summed E-state index contributed by atoms with van der Waals surface area (Å²) in [5.74, 6) is 1.06. The number of piperidine rings is 1. The first-order valence-corrected chi connectivity index (χ1v) is 13.1. The van der Waals surface area contributed by atoms with E-state index < -0.39 is 12.2 Å². The Balaban J connectivity index is 1.26. The normalized spacial score (nSPS) is 29.1. The smallest absolute Gasteiger partial charge is 0.326 e. The number of amides is 3. The fraction of sp³-hybridized carbons (Fsp3) is 0.385. The zero-order valence-corrected chi connectivity index (χ0v) is 20.6. The Bertz CT molecular complexity index is 1230. The molecular weight excluding hydrogens is 481 g/mol. The van der Waals surface area contributed by atoms with Crippen LogP contribution < -0.4 is 30.9 Å². The van der Waals surface area contributed by atoms with Crippen LogP contribution in [0.5, 0.6) is 11.5 Å². The number of nitrogens with zero attached hydrogens (tertiary/aromatic N) is 1. The van der Waals surface area contributed by atoms with Crippen molar-refractivity contribution in [2.45, 2.75) is 37.0 Å². The highest BCUT2D eigenvalue weighted by atomic mass is 32.2. The number of urea groups is 1. The number of anilines is 1. The van der Waals surface area contributed by atoms with Crippen LogP contribution >= 0.6 is 11.8 Å².